The number of rotatable bonds is 8. The summed E-state index contributed by atoms with van der Waals surface area (Å²) in [6, 6.07) is 15.6. The number of aliphatic hydroxyl groups is 1. The number of hydrogen-bond acceptors (Lipinski definition) is 7. The van der Waals surface area contributed by atoms with Crippen LogP contribution in [0.1, 0.15) is 16.1 Å². The summed E-state index contributed by atoms with van der Waals surface area (Å²) < 4.78 is 12.3. The lowest BCUT2D eigenvalue weighted by Gasteiger charge is -2.39. The van der Waals surface area contributed by atoms with Crippen LogP contribution >= 0.6 is 11.6 Å². The van der Waals surface area contributed by atoms with Crippen molar-refractivity contribution in [2.75, 3.05) is 26.4 Å². The molecular weight excluding hydrogens is 474 g/mol. The number of amides is 1. The molecule has 4 aromatic rings. The van der Waals surface area contributed by atoms with E-state index < -0.39 is 11.3 Å². The lowest BCUT2D eigenvalue weighted by Crippen LogP contribution is -2.53. The zero-order chi connectivity index (χ0) is 24.4. The van der Waals surface area contributed by atoms with Crippen LogP contribution in [0, 0.1) is 5.41 Å². The molecule has 11 heteroatoms. The highest BCUT2D eigenvalue weighted by molar-refractivity contribution is 6.34. The molecule has 0 aliphatic carbocycles. The lowest BCUT2D eigenvalue weighted by atomic mass is 9.87. The van der Waals surface area contributed by atoms with Crippen molar-refractivity contribution < 1.29 is 19.4 Å². The van der Waals surface area contributed by atoms with Crippen molar-refractivity contribution in [2.45, 2.75) is 6.61 Å². The third kappa shape index (κ3) is 4.63. The molecule has 3 N–H and O–H groups in total. The third-order valence-electron chi connectivity index (χ3n) is 5.78. The number of fused-ring (bicyclic) bond motifs is 1. The summed E-state index contributed by atoms with van der Waals surface area (Å²) in [7, 11) is 0. The Kier molecular flexibility index (Phi) is 6.25. The van der Waals surface area contributed by atoms with Gasteiger partial charge in [-0.05, 0) is 12.1 Å². The first-order valence-electron chi connectivity index (χ1n) is 10.9. The van der Waals surface area contributed by atoms with Crippen molar-refractivity contribution in [1.82, 2.24) is 24.9 Å². The van der Waals surface area contributed by atoms with Crippen LogP contribution < -0.4 is 15.6 Å². The maximum absolute atomic E-state index is 12.9. The summed E-state index contributed by atoms with van der Waals surface area (Å²) in [6.07, 6.45) is 0. The monoisotopic (exact) mass is 495 g/mol. The largest absolute Gasteiger partial charge is 0.486 e. The van der Waals surface area contributed by atoms with Crippen LogP contribution in [0.2, 0.25) is 5.02 Å². The molecule has 0 bridgehead atoms. The van der Waals surface area contributed by atoms with Crippen LogP contribution in [-0.4, -0.2) is 57.0 Å². The van der Waals surface area contributed by atoms with E-state index in [1.807, 2.05) is 30.3 Å². The Labute approximate surface area is 204 Å². The highest BCUT2D eigenvalue weighted by Crippen LogP contribution is 2.29. The number of aliphatic hydroxyl groups excluding tert-OH is 1. The molecule has 1 aliphatic rings. The number of aromatic nitrogens is 4. The molecule has 3 heterocycles. The van der Waals surface area contributed by atoms with Gasteiger partial charge < -0.3 is 19.9 Å². The number of carbonyl (C=O) groups excluding carboxylic acids is 1. The smallest absolute Gasteiger partial charge is 0.274 e. The Morgan fingerprint density at radius 1 is 1.20 bits per heavy atom. The highest BCUT2D eigenvalue weighted by atomic mass is 35.5. The number of nitrogens with one attached hydrogen (secondary N) is 2. The molecule has 1 saturated heterocycles. The summed E-state index contributed by atoms with van der Waals surface area (Å²) in [5, 5.41) is 15.5. The second kappa shape index (κ2) is 9.49. The molecule has 1 aliphatic heterocycles. The van der Waals surface area contributed by atoms with Crippen molar-refractivity contribution in [1.29, 1.82) is 0 Å². The summed E-state index contributed by atoms with van der Waals surface area (Å²) in [5.74, 6) is 0.524. The fraction of sp³-hybridized carbons (Fsp3) is 0.250. The first-order chi connectivity index (χ1) is 17.0. The fourth-order valence-electron chi connectivity index (χ4n) is 3.72. The van der Waals surface area contributed by atoms with Crippen LogP contribution in [-0.2, 0) is 11.3 Å². The molecule has 0 atom stereocenters. The molecule has 180 valence electrons. The Morgan fingerprint density at radius 3 is 2.71 bits per heavy atom. The molecule has 5 rings (SSSR count). The molecule has 2 aromatic heterocycles. The van der Waals surface area contributed by atoms with Crippen molar-refractivity contribution in [3.8, 4) is 17.1 Å². The van der Waals surface area contributed by atoms with E-state index in [1.54, 1.807) is 18.2 Å². The van der Waals surface area contributed by atoms with Crippen LogP contribution in [0.3, 0.4) is 0 Å². The average Bonchev–Trinajstić information content (AvgIpc) is 3.28. The van der Waals surface area contributed by atoms with Crippen molar-refractivity contribution in [2.24, 2.45) is 5.41 Å². The van der Waals surface area contributed by atoms with Gasteiger partial charge in [-0.2, -0.15) is 9.50 Å². The average molecular weight is 496 g/mol. The van der Waals surface area contributed by atoms with Gasteiger partial charge in [-0.15, -0.1) is 0 Å². The Bertz CT molecular complexity index is 1430. The van der Waals surface area contributed by atoms with E-state index in [4.69, 9.17) is 21.1 Å². The van der Waals surface area contributed by atoms with Gasteiger partial charge in [0, 0.05) is 18.2 Å². The molecule has 0 saturated carbocycles. The zero-order valence-electron chi connectivity index (χ0n) is 18.5. The van der Waals surface area contributed by atoms with Gasteiger partial charge in [0.2, 0.25) is 0 Å². The fourth-order valence-corrected chi connectivity index (χ4v) is 3.97. The topological polar surface area (TPSA) is 131 Å². The second-order valence-corrected chi connectivity index (χ2v) is 8.80. The SMILES string of the molecule is O=C(NCC1(CO)COC1)c1c(Cl)cccc1OCc1cc(=O)n2[nH]c(-c3ccccc3)nc2n1. The predicted molar refractivity (Wildman–Crippen MR) is 127 cm³/mol. The van der Waals surface area contributed by atoms with E-state index in [-0.39, 0.29) is 47.4 Å². The molecule has 1 fully saturated rings. The van der Waals surface area contributed by atoms with Gasteiger partial charge in [-0.3, -0.25) is 14.7 Å². The molecule has 0 unspecified atom stereocenters. The van der Waals surface area contributed by atoms with Gasteiger partial charge in [0.15, 0.2) is 5.82 Å². The van der Waals surface area contributed by atoms with E-state index >= 15 is 0 Å². The Balaban J connectivity index is 1.35. The zero-order valence-corrected chi connectivity index (χ0v) is 19.3. The number of halogens is 1. The van der Waals surface area contributed by atoms with Gasteiger partial charge in [0.1, 0.15) is 12.4 Å². The van der Waals surface area contributed by atoms with Crippen molar-refractivity contribution >= 4 is 23.3 Å². The van der Waals surface area contributed by atoms with Crippen LogP contribution in [0.4, 0.5) is 0 Å². The van der Waals surface area contributed by atoms with Crippen molar-refractivity contribution in [3.63, 3.8) is 0 Å². The molecule has 1 amide bonds. The van der Waals surface area contributed by atoms with E-state index in [1.165, 1.54) is 10.6 Å². The Morgan fingerprint density at radius 2 is 2.00 bits per heavy atom. The highest BCUT2D eigenvalue weighted by Gasteiger charge is 2.38. The third-order valence-corrected chi connectivity index (χ3v) is 6.10. The summed E-state index contributed by atoms with van der Waals surface area (Å²) in [5.41, 5.74) is 0.497. The predicted octanol–water partition coefficient (Wildman–Crippen LogP) is 2.06. The minimum absolute atomic E-state index is 0.0751. The first-order valence-corrected chi connectivity index (χ1v) is 11.3. The van der Waals surface area contributed by atoms with Crippen molar-refractivity contribution in [3.05, 3.63) is 81.2 Å². The second-order valence-electron chi connectivity index (χ2n) is 8.39. The standard InChI is InChI=1S/C24H22ClN5O5/c25-17-7-4-8-18(20(17)22(33)26-11-24(12-31)13-34-14-24)35-10-16-9-19(32)30-23(27-16)28-21(29-30)15-5-2-1-3-6-15/h1-9,31H,10-14H2,(H,26,33)(H,27,28,29). The van der Waals surface area contributed by atoms with Gasteiger partial charge in [0.05, 0.1) is 41.5 Å². The quantitative estimate of drug-likeness (QED) is 0.341. The lowest BCUT2D eigenvalue weighted by molar-refractivity contribution is -0.133. The van der Waals surface area contributed by atoms with Gasteiger partial charge >= 0.3 is 0 Å². The van der Waals surface area contributed by atoms with Crippen LogP contribution in [0.25, 0.3) is 17.2 Å². The number of carbonyl (C=O) groups is 1. The minimum Gasteiger partial charge on any atom is -0.486 e. The van der Waals surface area contributed by atoms with E-state index in [9.17, 15) is 14.7 Å². The number of benzene rings is 2. The molecule has 0 spiro atoms. The molecule has 0 radical (unpaired) electrons. The summed E-state index contributed by atoms with van der Waals surface area (Å²) >= 11 is 6.30. The minimum atomic E-state index is -0.485. The summed E-state index contributed by atoms with van der Waals surface area (Å²) in [6.45, 7) is 0.818. The molecule has 2 aromatic carbocycles. The van der Waals surface area contributed by atoms with Gasteiger partial charge in [-0.1, -0.05) is 48.0 Å². The molecule has 35 heavy (non-hydrogen) atoms. The molecule has 10 nitrogen and oxygen atoms in total. The number of nitrogens with zero attached hydrogens (tertiary/aromatic N) is 3. The summed E-state index contributed by atoms with van der Waals surface area (Å²) in [4.78, 5) is 34.3. The number of ether oxygens (including phenoxy) is 2. The maximum atomic E-state index is 12.9. The van der Waals surface area contributed by atoms with Gasteiger partial charge in [0.25, 0.3) is 17.2 Å². The normalized spacial score (nSPS) is 14.5. The van der Waals surface area contributed by atoms with E-state index in [0.29, 0.717) is 24.7 Å². The van der Waals surface area contributed by atoms with Gasteiger partial charge in [-0.25, -0.2) is 4.98 Å². The van der Waals surface area contributed by atoms with E-state index in [2.05, 4.69) is 20.4 Å². The number of aromatic amines is 1. The number of hydrogen-bond donors (Lipinski definition) is 3. The van der Waals surface area contributed by atoms with Crippen LogP contribution in [0.5, 0.6) is 5.75 Å². The molecular formula is C24H22ClN5O5. The Hall–Kier alpha value is -3.73. The van der Waals surface area contributed by atoms with E-state index in [0.717, 1.165) is 5.56 Å². The van der Waals surface area contributed by atoms with Crippen LogP contribution in [0.15, 0.2) is 59.4 Å². The first kappa shape index (κ1) is 23.0. The number of H-pyrrole nitrogens is 1. The maximum Gasteiger partial charge on any atom is 0.274 e.